The molecule has 0 saturated carbocycles. The molecule has 0 amide bonds. The molecule has 0 unspecified atom stereocenters. The first-order chi connectivity index (χ1) is 2.91. The largest absolute Gasteiger partial charge is 0.465 e. The molecule has 0 aromatic heterocycles. The van der Waals surface area contributed by atoms with E-state index in [0.29, 0.717) is 6.47 Å². The van der Waals surface area contributed by atoms with E-state index in [1.807, 2.05) is 0 Å². The third-order valence-electron chi connectivity index (χ3n) is 0.277. The molecular weight excluding hydrogens is 84.0 g/mol. The molecule has 3 nitrogen and oxygen atoms in total. The van der Waals surface area contributed by atoms with Gasteiger partial charge in [-0.2, -0.15) is 0 Å². The van der Waals surface area contributed by atoms with Crippen molar-refractivity contribution in [1.82, 2.24) is 0 Å². The van der Waals surface area contributed by atoms with Crippen molar-refractivity contribution in [2.24, 2.45) is 0 Å². The maximum Gasteiger partial charge on any atom is 0.293 e. The topological polar surface area (TPSA) is 46.5 Å². The van der Waals surface area contributed by atoms with E-state index in [-0.39, 0.29) is 13.2 Å². The van der Waals surface area contributed by atoms with Crippen LogP contribution in [0, 0.1) is 0 Å². The van der Waals surface area contributed by atoms with Crippen molar-refractivity contribution in [3.8, 4) is 0 Å². The molecular formula is C3H6O3. The van der Waals surface area contributed by atoms with Crippen LogP contribution in [-0.4, -0.2) is 24.8 Å². The van der Waals surface area contributed by atoms with E-state index < -0.39 is 0 Å². The molecule has 0 fully saturated rings. The van der Waals surface area contributed by atoms with Gasteiger partial charge in [0.25, 0.3) is 6.47 Å². The lowest BCUT2D eigenvalue weighted by molar-refractivity contribution is -0.129. The maximum absolute atomic E-state index is 9.23. The highest BCUT2D eigenvalue weighted by molar-refractivity contribution is 5.36. The molecule has 0 spiro atoms. The lowest BCUT2D eigenvalue weighted by Crippen LogP contribution is -1.95. The summed E-state index contributed by atoms with van der Waals surface area (Å²) in [5, 5.41) is 7.91. The zero-order chi connectivity index (χ0) is 4.83. The van der Waals surface area contributed by atoms with Gasteiger partial charge in [0.15, 0.2) is 0 Å². The Hall–Kier alpha value is -0.570. The zero-order valence-corrected chi connectivity index (χ0v) is 3.26. The Morgan fingerprint density at radius 1 is 1.83 bits per heavy atom. The molecule has 0 aliphatic rings. The standard InChI is InChI=1S/C3H6O3/c4-1-2-6-3-5/h3-4H,1-2H2. The van der Waals surface area contributed by atoms with Gasteiger partial charge in [0, 0.05) is 0 Å². The zero-order valence-electron chi connectivity index (χ0n) is 3.26. The number of aliphatic hydroxyl groups excluding tert-OH is 1. The SMILES string of the molecule is O=COCCO. The van der Waals surface area contributed by atoms with Gasteiger partial charge in [-0.3, -0.25) is 4.79 Å². The Morgan fingerprint density at radius 2 is 2.50 bits per heavy atom. The predicted octanol–water partition coefficient (Wildman–Crippen LogP) is -0.848. The highest BCUT2D eigenvalue weighted by Crippen LogP contribution is 1.58. The first kappa shape index (κ1) is 5.43. The first-order valence-corrected chi connectivity index (χ1v) is 1.58. The second kappa shape index (κ2) is 4.43. The van der Waals surface area contributed by atoms with Crippen LogP contribution >= 0.6 is 0 Å². The number of ether oxygens (including phenoxy) is 1. The molecule has 0 saturated heterocycles. The number of aliphatic hydroxyl groups is 1. The van der Waals surface area contributed by atoms with Gasteiger partial charge in [-0.1, -0.05) is 0 Å². The minimum Gasteiger partial charge on any atom is -0.465 e. The Labute approximate surface area is 35.5 Å². The molecule has 0 heterocycles. The quantitative estimate of drug-likeness (QED) is 0.362. The van der Waals surface area contributed by atoms with Crippen molar-refractivity contribution in [2.45, 2.75) is 0 Å². The van der Waals surface area contributed by atoms with Crippen molar-refractivity contribution in [2.75, 3.05) is 13.2 Å². The van der Waals surface area contributed by atoms with Gasteiger partial charge in [0.1, 0.15) is 6.61 Å². The van der Waals surface area contributed by atoms with Crippen LogP contribution in [-0.2, 0) is 9.53 Å². The Bertz CT molecular complexity index is 35.0. The fraction of sp³-hybridized carbons (Fsp3) is 0.667. The highest BCUT2D eigenvalue weighted by atomic mass is 16.5. The van der Waals surface area contributed by atoms with Gasteiger partial charge in [0.2, 0.25) is 0 Å². The Morgan fingerprint density at radius 3 is 2.67 bits per heavy atom. The lowest BCUT2D eigenvalue weighted by atomic mass is 10.8. The van der Waals surface area contributed by atoms with Crippen molar-refractivity contribution in [3.63, 3.8) is 0 Å². The molecule has 6 heavy (non-hydrogen) atoms. The van der Waals surface area contributed by atoms with Crippen molar-refractivity contribution < 1.29 is 14.6 Å². The van der Waals surface area contributed by atoms with E-state index in [1.54, 1.807) is 0 Å². The van der Waals surface area contributed by atoms with Gasteiger partial charge in [-0.15, -0.1) is 0 Å². The maximum atomic E-state index is 9.23. The van der Waals surface area contributed by atoms with Gasteiger partial charge in [0.05, 0.1) is 6.61 Å². The van der Waals surface area contributed by atoms with Crippen molar-refractivity contribution in [1.29, 1.82) is 0 Å². The van der Waals surface area contributed by atoms with Gasteiger partial charge >= 0.3 is 0 Å². The summed E-state index contributed by atoms with van der Waals surface area (Å²) in [6.07, 6.45) is 0. The minimum absolute atomic E-state index is 0.0985. The number of carbonyl (C=O) groups is 1. The molecule has 0 aromatic carbocycles. The molecule has 0 aromatic rings. The second-order valence-electron chi connectivity index (χ2n) is 0.691. The fourth-order valence-corrected chi connectivity index (χ4v) is 0.101. The smallest absolute Gasteiger partial charge is 0.293 e. The van der Waals surface area contributed by atoms with Crippen LogP contribution in [0.1, 0.15) is 0 Å². The Balaban J connectivity index is 2.49. The van der Waals surface area contributed by atoms with Crippen LogP contribution in [0.5, 0.6) is 0 Å². The molecule has 1 N–H and O–H groups in total. The van der Waals surface area contributed by atoms with E-state index in [4.69, 9.17) is 5.11 Å². The molecule has 3 heteroatoms. The number of carbonyl (C=O) groups excluding carboxylic acids is 1. The van der Waals surface area contributed by atoms with Crippen LogP contribution in [0.4, 0.5) is 0 Å². The molecule has 36 valence electrons. The van der Waals surface area contributed by atoms with E-state index in [1.165, 1.54) is 0 Å². The van der Waals surface area contributed by atoms with Crippen LogP contribution in [0.3, 0.4) is 0 Å². The van der Waals surface area contributed by atoms with Gasteiger partial charge < -0.3 is 9.84 Å². The third-order valence-corrected chi connectivity index (χ3v) is 0.277. The highest BCUT2D eigenvalue weighted by Gasteiger charge is 1.72. The number of hydrogen-bond acceptors (Lipinski definition) is 3. The summed E-state index contributed by atoms with van der Waals surface area (Å²) < 4.78 is 4.05. The van der Waals surface area contributed by atoms with Crippen LogP contribution in [0.15, 0.2) is 0 Å². The number of hydrogen-bond donors (Lipinski definition) is 1. The average molecular weight is 90.1 g/mol. The van der Waals surface area contributed by atoms with Gasteiger partial charge in [-0.25, -0.2) is 0 Å². The molecule has 0 atom stereocenters. The molecule has 0 radical (unpaired) electrons. The van der Waals surface area contributed by atoms with Crippen LogP contribution < -0.4 is 0 Å². The summed E-state index contributed by atoms with van der Waals surface area (Å²) in [6, 6.07) is 0. The number of rotatable bonds is 3. The summed E-state index contributed by atoms with van der Waals surface area (Å²) in [4.78, 5) is 9.23. The second-order valence-corrected chi connectivity index (χ2v) is 0.691. The minimum atomic E-state index is -0.0985. The normalized spacial score (nSPS) is 7.50. The third kappa shape index (κ3) is 3.43. The van der Waals surface area contributed by atoms with Gasteiger partial charge in [-0.05, 0) is 0 Å². The summed E-state index contributed by atoms with van der Waals surface area (Å²) in [5.41, 5.74) is 0. The van der Waals surface area contributed by atoms with E-state index >= 15 is 0 Å². The molecule has 0 aliphatic carbocycles. The van der Waals surface area contributed by atoms with E-state index in [2.05, 4.69) is 4.74 Å². The Kier molecular flexibility index (Phi) is 4.01. The summed E-state index contributed by atoms with van der Waals surface area (Å²) in [7, 11) is 0. The molecule has 0 bridgehead atoms. The predicted molar refractivity (Wildman–Crippen MR) is 19.1 cm³/mol. The van der Waals surface area contributed by atoms with Crippen molar-refractivity contribution >= 4 is 6.47 Å². The van der Waals surface area contributed by atoms with Crippen molar-refractivity contribution in [3.05, 3.63) is 0 Å². The average Bonchev–Trinajstić information content (AvgIpc) is 1.61. The summed E-state index contributed by atoms with van der Waals surface area (Å²) in [5.74, 6) is 0. The van der Waals surface area contributed by atoms with Crippen LogP contribution in [0.2, 0.25) is 0 Å². The lowest BCUT2D eigenvalue weighted by Gasteiger charge is -1.86. The van der Waals surface area contributed by atoms with E-state index in [9.17, 15) is 4.79 Å². The molecule has 0 rings (SSSR count). The summed E-state index contributed by atoms with van der Waals surface area (Å²) in [6.45, 7) is 0.304. The van der Waals surface area contributed by atoms with E-state index in [0.717, 1.165) is 0 Å². The van der Waals surface area contributed by atoms with Crippen LogP contribution in [0.25, 0.3) is 0 Å². The monoisotopic (exact) mass is 90.0 g/mol. The first-order valence-electron chi connectivity index (χ1n) is 1.58. The molecule has 0 aliphatic heterocycles. The summed E-state index contributed by atoms with van der Waals surface area (Å²) >= 11 is 0. The fourth-order valence-electron chi connectivity index (χ4n) is 0.101.